The van der Waals surface area contributed by atoms with E-state index in [1.54, 1.807) is 31.6 Å². The van der Waals surface area contributed by atoms with Crippen molar-refractivity contribution in [3.63, 3.8) is 0 Å². The molecule has 144 valence electrons. The summed E-state index contributed by atoms with van der Waals surface area (Å²) in [5.74, 6) is 0.118. The molecule has 0 bridgehead atoms. The summed E-state index contributed by atoms with van der Waals surface area (Å²) in [5.41, 5.74) is 6.13. The quantitative estimate of drug-likeness (QED) is 0.503. The maximum Gasteiger partial charge on any atom is 0.280 e. The number of rotatable bonds is 6. The smallest absolute Gasteiger partial charge is 0.280 e. The van der Waals surface area contributed by atoms with Gasteiger partial charge in [-0.15, -0.1) is 0 Å². The largest absolute Gasteiger partial charge is 0.479 e. The summed E-state index contributed by atoms with van der Waals surface area (Å²) in [4.78, 5) is 16.3. The Kier molecular flexibility index (Phi) is 6.11. The van der Waals surface area contributed by atoms with Gasteiger partial charge in [-0.25, -0.2) is 10.4 Å². The molecule has 28 heavy (non-hydrogen) atoms. The molecule has 3 aromatic rings. The van der Waals surface area contributed by atoms with E-state index in [4.69, 9.17) is 16.3 Å². The zero-order valence-corrected chi connectivity index (χ0v) is 16.6. The van der Waals surface area contributed by atoms with Crippen molar-refractivity contribution < 1.29 is 9.53 Å². The van der Waals surface area contributed by atoms with Crippen LogP contribution in [0.4, 0.5) is 0 Å². The zero-order chi connectivity index (χ0) is 20.1. The molecule has 0 radical (unpaired) electrons. The van der Waals surface area contributed by atoms with E-state index in [2.05, 4.69) is 15.5 Å². The summed E-state index contributed by atoms with van der Waals surface area (Å²) in [6.07, 6.45) is 4.60. The van der Waals surface area contributed by atoms with Crippen molar-refractivity contribution >= 4 is 23.2 Å². The van der Waals surface area contributed by atoms with Gasteiger partial charge < -0.3 is 9.30 Å². The first kappa shape index (κ1) is 19.6. The molecule has 1 unspecified atom stereocenters. The lowest BCUT2D eigenvalue weighted by Crippen LogP contribution is -2.34. The van der Waals surface area contributed by atoms with Crippen LogP contribution in [0.3, 0.4) is 0 Å². The number of carbonyl (C=O) groups is 1. The Morgan fingerprint density at radius 2 is 2.00 bits per heavy atom. The fourth-order valence-corrected chi connectivity index (χ4v) is 2.69. The highest BCUT2D eigenvalue weighted by Gasteiger charge is 2.16. The zero-order valence-electron chi connectivity index (χ0n) is 15.9. The second-order valence-corrected chi connectivity index (χ2v) is 6.79. The van der Waals surface area contributed by atoms with Crippen LogP contribution >= 0.6 is 11.6 Å². The van der Waals surface area contributed by atoms with Crippen LogP contribution in [0.15, 0.2) is 66.3 Å². The molecule has 6 nitrogen and oxygen atoms in total. The minimum Gasteiger partial charge on any atom is -0.479 e. The average Bonchev–Trinajstić information content (AvgIpc) is 3.23. The maximum absolute atomic E-state index is 12.3. The third-order valence-electron chi connectivity index (χ3n) is 4.18. The van der Waals surface area contributed by atoms with Gasteiger partial charge >= 0.3 is 0 Å². The van der Waals surface area contributed by atoms with Gasteiger partial charge in [-0.05, 0) is 56.2 Å². The first-order valence-electron chi connectivity index (χ1n) is 8.80. The number of imidazole rings is 1. The third-order valence-corrected chi connectivity index (χ3v) is 4.49. The molecule has 1 heterocycles. The summed E-state index contributed by atoms with van der Waals surface area (Å²) >= 11 is 6.11. The topological polar surface area (TPSA) is 68.5 Å². The van der Waals surface area contributed by atoms with Crippen LogP contribution in [0.25, 0.3) is 5.69 Å². The lowest BCUT2D eigenvalue weighted by atomic mass is 10.1. The lowest BCUT2D eigenvalue weighted by Gasteiger charge is -2.15. The molecule has 1 N–H and O–H groups in total. The number of hydrogen-bond acceptors (Lipinski definition) is 4. The second-order valence-electron chi connectivity index (χ2n) is 6.38. The summed E-state index contributed by atoms with van der Waals surface area (Å²) in [7, 11) is 0. The summed E-state index contributed by atoms with van der Waals surface area (Å²) < 4.78 is 7.57. The standard InChI is InChI=1S/C21H21ClN4O2/c1-14-4-9-19(22)20(12-14)28-16(3)21(27)25-24-15(2)17-5-7-18(8-6-17)26-11-10-23-13-26/h4-13,16H,1-3H3,(H,25,27)/b24-15+. The molecule has 0 spiro atoms. The number of aromatic nitrogens is 2. The molecule has 0 aliphatic carbocycles. The maximum atomic E-state index is 12.3. The number of ether oxygens (including phenoxy) is 1. The number of carbonyl (C=O) groups excluding carboxylic acids is 1. The summed E-state index contributed by atoms with van der Waals surface area (Å²) in [5, 5.41) is 4.64. The molecule has 0 aliphatic rings. The number of halogens is 1. The van der Waals surface area contributed by atoms with Crippen molar-refractivity contribution in [3.05, 3.63) is 77.3 Å². The molecule has 0 aliphatic heterocycles. The van der Waals surface area contributed by atoms with Crippen molar-refractivity contribution in [2.24, 2.45) is 5.10 Å². The molecular weight excluding hydrogens is 376 g/mol. The number of nitrogens with one attached hydrogen (secondary N) is 1. The fraction of sp³-hybridized carbons (Fsp3) is 0.190. The van der Waals surface area contributed by atoms with Crippen LogP contribution in [0.1, 0.15) is 25.0 Å². The minimum atomic E-state index is -0.737. The van der Waals surface area contributed by atoms with E-state index in [0.717, 1.165) is 16.8 Å². The highest BCUT2D eigenvalue weighted by molar-refractivity contribution is 6.32. The monoisotopic (exact) mass is 396 g/mol. The number of amides is 1. The Bertz CT molecular complexity index is 982. The molecule has 1 aromatic heterocycles. The molecule has 0 saturated carbocycles. The molecule has 1 atom stereocenters. The van der Waals surface area contributed by atoms with Gasteiger partial charge in [0.15, 0.2) is 6.10 Å². The van der Waals surface area contributed by atoms with E-state index in [1.807, 2.05) is 54.9 Å². The van der Waals surface area contributed by atoms with Gasteiger partial charge in [-0.3, -0.25) is 4.79 Å². The van der Waals surface area contributed by atoms with Crippen LogP contribution in [0.2, 0.25) is 5.02 Å². The highest BCUT2D eigenvalue weighted by Crippen LogP contribution is 2.26. The molecule has 7 heteroatoms. The normalized spacial score (nSPS) is 12.5. The van der Waals surface area contributed by atoms with Crippen molar-refractivity contribution in [1.29, 1.82) is 0 Å². The van der Waals surface area contributed by atoms with Gasteiger partial charge in [0.05, 0.1) is 17.1 Å². The van der Waals surface area contributed by atoms with Crippen LogP contribution in [-0.2, 0) is 4.79 Å². The predicted molar refractivity (Wildman–Crippen MR) is 110 cm³/mol. The number of hydrazone groups is 1. The Balaban J connectivity index is 1.62. The number of aryl methyl sites for hydroxylation is 1. The van der Waals surface area contributed by atoms with Gasteiger partial charge in [-0.1, -0.05) is 29.8 Å². The van der Waals surface area contributed by atoms with Crippen molar-refractivity contribution in [2.75, 3.05) is 0 Å². The van der Waals surface area contributed by atoms with Crippen LogP contribution in [-0.4, -0.2) is 27.3 Å². The average molecular weight is 397 g/mol. The molecular formula is C21H21ClN4O2. The number of benzene rings is 2. The van der Waals surface area contributed by atoms with Crippen LogP contribution < -0.4 is 10.2 Å². The second kappa shape index (κ2) is 8.71. The lowest BCUT2D eigenvalue weighted by molar-refractivity contribution is -0.127. The van der Waals surface area contributed by atoms with Crippen molar-refractivity contribution in [3.8, 4) is 11.4 Å². The van der Waals surface area contributed by atoms with E-state index in [-0.39, 0.29) is 5.91 Å². The van der Waals surface area contributed by atoms with E-state index >= 15 is 0 Å². The molecule has 1 amide bonds. The Hall–Kier alpha value is -3.12. The van der Waals surface area contributed by atoms with Crippen molar-refractivity contribution in [2.45, 2.75) is 26.9 Å². The molecule has 3 rings (SSSR count). The highest BCUT2D eigenvalue weighted by atomic mass is 35.5. The Labute approximate surface area is 168 Å². The van der Waals surface area contributed by atoms with Gasteiger partial charge in [0, 0.05) is 18.1 Å². The van der Waals surface area contributed by atoms with Crippen LogP contribution in [0, 0.1) is 6.92 Å². The van der Waals surface area contributed by atoms with Crippen LogP contribution in [0.5, 0.6) is 5.75 Å². The summed E-state index contributed by atoms with van der Waals surface area (Å²) in [6.45, 7) is 5.41. The Morgan fingerprint density at radius 1 is 1.25 bits per heavy atom. The van der Waals surface area contributed by atoms with Gasteiger partial charge in [0.25, 0.3) is 5.91 Å². The first-order chi connectivity index (χ1) is 13.4. The number of hydrogen-bond donors (Lipinski definition) is 1. The molecule has 0 fully saturated rings. The summed E-state index contributed by atoms with van der Waals surface area (Å²) in [6, 6.07) is 13.2. The van der Waals surface area contributed by atoms with E-state index in [1.165, 1.54) is 0 Å². The first-order valence-corrected chi connectivity index (χ1v) is 9.17. The molecule has 0 saturated heterocycles. The van der Waals surface area contributed by atoms with Gasteiger partial charge in [-0.2, -0.15) is 5.10 Å². The Morgan fingerprint density at radius 3 is 2.68 bits per heavy atom. The third kappa shape index (κ3) is 4.78. The van der Waals surface area contributed by atoms with Crippen molar-refractivity contribution in [1.82, 2.24) is 15.0 Å². The predicted octanol–water partition coefficient (Wildman–Crippen LogP) is 4.14. The van der Waals surface area contributed by atoms with E-state index in [0.29, 0.717) is 16.5 Å². The van der Waals surface area contributed by atoms with E-state index < -0.39 is 6.10 Å². The molecule has 2 aromatic carbocycles. The fourth-order valence-electron chi connectivity index (χ4n) is 2.53. The van der Waals surface area contributed by atoms with Gasteiger partial charge in [0.1, 0.15) is 5.75 Å². The van der Waals surface area contributed by atoms with Gasteiger partial charge in [0.2, 0.25) is 0 Å². The SMILES string of the molecule is C/C(=N\NC(=O)C(C)Oc1cc(C)ccc1Cl)c1ccc(-n2ccnc2)cc1. The minimum absolute atomic E-state index is 0.355. The number of nitrogens with zero attached hydrogens (tertiary/aromatic N) is 3. The van der Waals surface area contributed by atoms with E-state index in [9.17, 15) is 4.79 Å².